The summed E-state index contributed by atoms with van der Waals surface area (Å²) in [6, 6.07) is 9.47. The van der Waals surface area contributed by atoms with Crippen molar-refractivity contribution in [3.05, 3.63) is 51.3 Å². The maximum atomic E-state index is 6.04. The summed E-state index contributed by atoms with van der Waals surface area (Å²) in [5.41, 5.74) is 1.05. The van der Waals surface area contributed by atoms with E-state index in [2.05, 4.69) is 10.2 Å². The number of benzene rings is 1. The molecule has 0 spiro atoms. The molecular formula is C13H10Cl2N4S2. The van der Waals surface area contributed by atoms with Crippen LogP contribution in [0.4, 0.5) is 0 Å². The zero-order chi connectivity index (χ0) is 14.8. The van der Waals surface area contributed by atoms with Crippen LogP contribution in [0, 0.1) is 0 Å². The summed E-state index contributed by atoms with van der Waals surface area (Å²) in [4.78, 5) is 0.992. The lowest BCUT2D eigenvalue weighted by atomic mass is 10.2. The van der Waals surface area contributed by atoms with Crippen molar-refractivity contribution in [1.82, 2.24) is 14.9 Å². The molecule has 0 atom stereocenters. The molecule has 2 aromatic heterocycles. The molecule has 108 valence electrons. The standard InChI is InChI=1S/C13H10Cl2N4S2/c14-9-4-3-8(6-10(9)15)7-21-13-18-17-12(19(13)16)11-2-1-5-20-11/h1-6H,7,16H2. The Morgan fingerprint density at radius 1 is 1.19 bits per heavy atom. The third-order valence-electron chi connectivity index (χ3n) is 2.76. The Bertz CT molecular complexity index is 756. The summed E-state index contributed by atoms with van der Waals surface area (Å²) in [5.74, 6) is 7.40. The molecule has 1 aromatic carbocycles. The molecule has 0 bridgehead atoms. The Balaban J connectivity index is 1.75. The average Bonchev–Trinajstić information content (AvgIpc) is 3.10. The largest absolute Gasteiger partial charge is 0.335 e. The summed E-state index contributed by atoms with van der Waals surface area (Å²) in [6.07, 6.45) is 0. The van der Waals surface area contributed by atoms with Gasteiger partial charge >= 0.3 is 0 Å². The summed E-state index contributed by atoms with van der Waals surface area (Å²) in [5, 5.41) is 12.0. The monoisotopic (exact) mass is 356 g/mol. The highest BCUT2D eigenvalue weighted by Crippen LogP contribution is 2.29. The number of nitrogens with two attached hydrogens (primary N) is 1. The minimum absolute atomic E-state index is 0.545. The summed E-state index contributed by atoms with van der Waals surface area (Å²) < 4.78 is 1.51. The number of hydrogen-bond donors (Lipinski definition) is 1. The fraction of sp³-hybridized carbons (Fsp3) is 0.0769. The van der Waals surface area contributed by atoms with Gasteiger partial charge in [0.1, 0.15) is 0 Å². The topological polar surface area (TPSA) is 56.7 Å². The second kappa shape index (κ2) is 6.27. The average molecular weight is 357 g/mol. The summed E-state index contributed by atoms with van der Waals surface area (Å²) in [6.45, 7) is 0. The maximum Gasteiger partial charge on any atom is 0.210 e. The van der Waals surface area contributed by atoms with Crippen molar-refractivity contribution in [2.24, 2.45) is 0 Å². The van der Waals surface area contributed by atoms with Gasteiger partial charge in [-0.05, 0) is 29.1 Å². The highest BCUT2D eigenvalue weighted by molar-refractivity contribution is 7.98. The molecule has 0 unspecified atom stereocenters. The molecule has 0 aliphatic carbocycles. The van der Waals surface area contributed by atoms with Crippen LogP contribution in [0.3, 0.4) is 0 Å². The predicted octanol–water partition coefficient (Wildman–Crippen LogP) is 4.32. The van der Waals surface area contributed by atoms with E-state index in [1.807, 2.05) is 29.6 Å². The van der Waals surface area contributed by atoms with E-state index in [4.69, 9.17) is 29.0 Å². The van der Waals surface area contributed by atoms with Crippen LogP contribution in [0.2, 0.25) is 10.0 Å². The number of hydrogen-bond acceptors (Lipinski definition) is 5. The molecule has 4 nitrogen and oxygen atoms in total. The fourth-order valence-corrected chi connectivity index (χ4v) is 3.55. The van der Waals surface area contributed by atoms with Gasteiger partial charge in [-0.15, -0.1) is 21.5 Å². The van der Waals surface area contributed by atoms with Crippen LogP contribution in [0.5, 0.6) is 0 Å². The van der Waals surface area contributed by atoms with Gasteiger partial charge in [-0.1, -0.05) is 47.1 Å². The minimum atomic E-state index is 0.545. The van der Waals surface area contributed by atoms with Crippen molar-refractivity contribution in [3.63, 3.8) is 0 Å². The number of aromatic nitrogens is 3. The molecule has 3 rings (SSSR count). The van der Waals surface area contributed by atoms with Crippen molar-refractivity contribution in [2.75, 3.05) is 5.84 Å². The van der Waals surface area contributed by atoms with E-state index in [0.29, 0.717) is 26.8 Å². The third-order valence-corrected chi connectivity index (χ3v) is 5.38. The smallest absolute Gasteiger partial charge is 0.210 e. The van der Waals surface area contributed by atoms with Crippen LogP contribution in [0.1, 0.15) is 5.56 Å². The Hall–Kier alpha value is -1.21. The van der Waals surface area contributed by atoms with E-state index in [-0.39, 0.29) is 0 Å². The van der Waals surface area contributed by atoms with Gasteiger partial charge in [-0.25, -0.2) is 4.68 Å². The van der Waals surface area contributed by atoms with Crippen LogP contribution < -0.4 is 5.84 Å². The molecule has 0 saturated heterocycles. The van der Waals surface area contributed by atoms with E-state index in [0.717, 1.165) is 10.4 Å². The zero-order valence-corrected chi connectivity index (χ0v) is 13.8. The van der Waals surface area contributed by atoms with Gasteiger partial charge in [0.2, 0.25) is 5.16 Å². The van der Waals surface area contributed by atoms with Gasteiger partial charge in [0.05, 0.1) is 14.9 Å². The first-order chi connectivity index (χ1) is 10.1. The fourth-order valence-electron chi connectivity index (χ4n) is 1.73. The SMILES string of the molecule is Nn1c(SCc2ccc(Cl)c(Cl)c2)nnc1-c1cccs1. The number of halogens is 2. The molecule has 0 aliphatic rings. The molecule has 8 heteroatoms. The van der Waals surface area contributed by atoms with E-state index in [1.165, 1.54) is 16.4 Å². The van der Waals surface area contributed by atoms with Gasteiger partial charge in [-0.2, -0.15) is 0 Å². The molecular weight excluding hydrogens is 347 g/mol. The van der Waals surface area contributed by atoms with Gasteiger partial charge in [0.25, 0.3) is 0 Å². The van der Waals surface area contributed by atoms with Crippen LogP contribution in [-0.4, -0.2) is 14.9 Å². The summed E-state index contributed by atoms with van der Waals surface area (Å²) >= 11 is 15.0. The minimum Gasteiger partial charge on any atom is -0.335 e. The van der Waals surface area contributed by atoms with Crippen molar-refractivity contribution >= 4 is 46.3 Å². The number of nitrogen functional groups attached to an aromatic ring is 1. The molecule has 0 amide bonds. The number of thioether (sulfide) groups is 1. The first kappa shape index (κ1) is 14.7. The molecule has 0 aliphatic heterocycles. The molecule has 3 aromatic rings. The molecule has 0 radical (unpaired) electrons. The van der Waals surface area contributed by atoms with Crippen molar-refractivity contribution in [1.29, 1.82) is 0 Å². The van der Waals surface area contributed by atoms with E-state index >= 15 is 0 Å². The first-order valence-corrected chi connectivity index (χ1v) is 8.58. The second-order valence-electron chi connectivity index (χ2n) is 4.19. The van der Waals surface area contributed by atoms with Crippen molar-refractivity contribution < 1.29 is 0 Å². The number of thiophene rings is 1. The lowest BCUT2D eigenvalue weighted by Crippen LogP contribution is -2.11. The lowest BCUT2D eigenvalue weighted by Gasteiger charge is -2.04. The van der Waals surface area contributed by atoms with Crippen LogP contribution >= 0.6 is 46.3 Å². The Kier molecular flexibility index (Phi) is 4.40. The zero-order valence-electron chi connectivity index (χ0n) is 10.7. The van der Waals surface area contributed by atoms with Crippen LogP contribution in [0.25, 0.3) is 10.7 Å². The van der Waals surface area contributed by atoms with Gasteiger partial charge in [0.15, 0.2) is 5.82 Å². The summed E-state index contributed by atoms with van der Waals surface area (Å²) in [7, 11) is 0. The lowest BCUT2D eigenvalue weighted by molar-refractivity contribution is 0.850. The number of rotatable bonds is 4. The molecule has 2 N–H and O–H groups in total. The number of nitrogens with zero attached hydrogens (tertiary/aromatic N) is 3. The van der Waals surface area contributed by atoms with E-state index < -0.39 is 0 Å². The molecule has 2 heterocycles. The predicted molar refractivity (Wildman–Crippen MR) is 89.5 cm³/mol. The quantitative estimate of drug-likeness (QED) is 0.558. The van der Waals surface area contributed by atoms with Crippen LogP contribution in [-0.2, 0) is 5.75 Å². The second-order valence-corrected chi connectivity index (χ2v) is 6.90. The Morgan fingerprint density at radius 3 is 2.76 bits per heavy atom. The van der Waals surface area contributed by atoms with Crippen molar-refractivity contribution in [3.8, 4) is 10.7 Å². The van der Waals surface area contributed by atoms with Crippen molar-refractivity contribution in [2.45, 2.75) is 10.9 Å². The molecule has 0 saturated carbocycles. The van der Waals surface area contributed by atoms with E-state index in [1.54, 1.807) is 17.4 Å². The van der Waals surface area contributed by atoms with Gasteiger partial charge in [-0.3, -0.25) is 0 Å². The normalized spacial score (nSPS) is 11.0. The highest BCUT2D eigenvalue weighted by Gasteiger charge is 2.13. The Labute approximate surface area is 139 Å². The van der Waals surface area contributed by atoms with Gasteiger partial charge in [0, 0.05) is 5.75 Å². The third kappa shape index (κ3) is 3.18. The molecule has 21 heavy (non-hydrogen) atoms. The highest BCUT2D eigenvalue weighted by atomic mass is 35.5. The Morgan fingerprint density at radius 2 is 2.05 bits per heavy atom. The maximum absolute atomic E-state index is 6.04. The van der Waals surface area contributed by atoms with E-state index in [9.17, 15) is 0 Å². The molecule has 0 fully saturated rings. The van der Waals surface area contributed by atoms with Gasteiger partial charge < -0.3 is 5.84 Å². The first-order valence-electron chi connectivity index (χ1n) is 5.96. The van der Waals surface area contributed by atoms with Crippen LogP contribution in [0.15, 0.2) is 40.9 Å².